The first-order valence-electron chi connectivity index (χ1n) is 10.5. The third kappa shape index (κ3) is 6.44. The molecule has 3 heterocycles. The van der Waals surface area contributed by atoms with E-state index in [4.69, 9.17) is 23.7 Å². The highest BCUT2D eigenvalue weighted by Crippen LogP contribution is 2.31. The minimum Gasteiger partial charge on any atom is -0.726 e. The van der Waals surface area contributed by atoms with E-state index in [9.17, 15) is 53.8 Å². The summed E-state index contributed by atoms with van der Waals surface area (Å²) in [5.74, 6) is 0. The monoisotopic (exact) mass is 537 g/mol. The number of rotatable bonds is 7. The highest BCUT2D eigenvalue weighted by atomic mass is 32.3. The molecular formula is C17H29O17S-. The van der Waals surface area contributed by atoms with Crippen molar-refractivity contribution in [3.05, 3.63) is 0 Å². The number of hydrogen-bond acceptors (Lipinski definition) is 17. The minimum absolute atomic E-state index is 0.393. The lowest BCUT2D eigenvalue weighted by Crippen LogP contribution is -2.65. The molecule has 0 aromatic rings. The fraction of sp³-hybridized carbons (Fsp3) is 1.00. The fourth-order valence-corrected chi connectivity index (χ4v) is 4.42. The van der Waals surface area contributed by atoms with Crippen molar-refractivity contribution in [2.75, 3.05) is 13.2 Å². The maximum Gasteiger partial charge on any atom is 0.218 e. The van der Waals surface area contributed by atoms with Crippen LogP contribution in [0.2, 0.25) is 0 Å². The van der Waals surface area contributed by atoms with Gasteiger partial charge in [-0.3, -0.25) is 4.18 Å². The lowest BCUT2D eigenvalue weighted by molar-refractivity contribution is -0.377. The lowest BCUT2D eigenvalue weighted by atomic mass is 9.97. The van der Waals surface area contributed by atoms with Crippen LogP contribution in [0.25, 0.3) is 0 Å². The molecule has 35 heavy (non-hydrogen) atoms. The van der Waals surface area contributed by atoms with Gasteiger partial charge in [0.2, 0.25) is 10.4 Å². The topological polar surface area (TPSA) is 274 Å². The molecule has 0 radical (unpaired) electrons. The van der Waals surface area contributed by atoms with Gasteiger partial charge >= 0.3 is 0 Å². The Bertz CT molecular complexity index is 797. The standard InChI is InChI=1S/C17H30O17S/c1-4-7(20)8(21)10(23)16(30-4)31-12-5(19)3-29-6(2-18)13(12)32-17-11(24)9(22)14(15(25)33-17)34-35(26,27)28/h4-25H,2-3H2,1H3,(H,26,27,28)/p-1/t4-,5-,6+,7+,8+,9+,10-,11+,12+,13+,14+,15-,16-,17+/m0/s1. The van der Waals surface area contributed by atoms with E-state index in [1.807, 2.05) is 0 Å². The van der Waals surface area contributed by atoms with Crippen LogP contribution in [0.1, 0.15) is 6.92 Å². The number of ether oxygens (including phenoxy) is 5. The van der Waals surface area contributed by atoms with Gasteiger partial charge in [0.05, 0.1) is 19.3 Å². The zero-order valence-electron chi connectivity index (χ0n) is 18.2. The van der Waals surface area contributed by atoms with Crippen molar-refractivity contribution in [1.29, 1.82) is 0 Å². The normalized spacial score (nSPS) is 49.7. The van der Waals surface area contributed by atoms with Gasteiger partial charge in [0, 0.05) is 0 Å². The summed E-state index contributed by atoms with van der Waals surface area (Å²) in [5.41, 5.74) is 0. The summed E-state index contributed by atoms with van der Waals surface area (Å²) < 4.78 is 63.1. The zero-order valence-corrected chi connectivity index (χ0v) is 19.0. The van der Waals surface area contributed by atoms with E-state index < -0.39 is 110 Å². The molecule has 0 saturated carbocycles. The Morgan fingerprint density at radius 1 is 0.829 bits per heavy atom. The molecule has 18 heteroatoms. The second kappa shape index (κ2) is 11.4. The molecule has 17 nitrogen and oxygen atoms in total. The first-order valence-corrected chi connectivity index (χ1v) is 11.8. The van der Waals surface area contributed by atoms with Crippen LogP contribution in [-0.2, 0) is 38.3 Å². The molecule has 0 bridgehead atoms. The highest BCUT2D eigenvalue weighted by molar-refractivity contribution is 7.80. The van der Waals surface area contributed by atoms with Crippen LogP contribution in [0.3, 0.4) is 0 Å². The molecule has 0 spiro atoms. The average Bonchev–Trinajstić information content (AvgIpc) is 2.78. The first kappa shape index (κ1) is 28.9. The van der Waals surface area contributed by atoms with Gasteiger partial charge < -0.3 is 69.1 Å². The molecule has 3 fully saturated rings. The van der Waals surface area contributed by atoms with E-state index in [2.05, 4.69) is 4.18 Å². The Labute approximate surface area is 198 Å². The summed E-state index contributed by atoms with van der Waals surface area (Å²) in [6, 6.07) is 0. The molecule has 3 saturated heterocycles. The third-order valence-electron chi connectivity index (χ3n) is 5.87. The quantitative estimate of drug-likeness (QED) is 0.111. The Hall–Kier alpha value is -0.650. The van der Waals surface area contributed by atoms with Crippen LogP contribution < -0.4 is 0 Å². The molecule has 3 aliphatic heterocycles. The average molecular weight is 537 g/mol. The van der Waals surface area contributed by atoms with Gasteiger partial charge in [0.25, 0.3) is 0 Å². The summed E-state index contributed by atoms with van der Waals surface area (Å²) in [6.07, 6.45) is -24.0. The summed E-state index contributed by atoms with van der Waals surface area (Å²) in [4.78, 5) is 0. The largest absolute Gasteiger partial charge is 0.726 e. The van der Waals surface area contributed by atoms with Crippen molar-refractivity contribution in [3.63, 3.8) is 0 Å². The van der Waals surface area contributed by atoms with Crippen molar-refractivity contribution in [3.8, 4) is 0 Å². The molecule has 3 rings (SSSR count). The van der Waals surface area contributed by atoms with Gasteiger partial charge in [0.15, 0.2) is 25.0 Å². The predicted molar refractivity (Wildman–Crippen MR) is 102 cm³/mol. The SMILES string of the molecule is C[C@@H]1O[C@@H](O[C@H]2[C@H](O[C@@H]3O[C@H](O)[C@H](OS(=O)(=O)[O-])[C@H](O)[C@H]3O)[C@@H](CO)OC[C@@H]2O)[C@@H](O)[C@H](O)[C@@H]1O. The van der Waals surface area contributed by atoms with E-state index in [0.717, 1.165) is 0 Å². The Kier molecular flexibility index (Phi) is 9.41. The van der Waals surface area contributed by atoms with Crippen molar-refractivity contribution in [2.24, 2.45) is 0 Å². The maximum absolute atomic E-state index is 10.8. The molecule has 8 N–H and O–H groups in total. The Morgan fingerprint density at radius 2 is 1.40 bits per heavy atom. The molecule has 0 unspecified atom stereocenters. The van der Waals surface area contributed by atoms with E-state index in [0.29, 0.717) is 0 Å². The first-order chi connectivity index (χ1) is 16.2. The van der Waals surface area contributed by atoms with Crippen LogP contribution in [0.5, 0.6) is 0 Å². The van der Waals surface area contributed by atoms with Gasteiger partial charge in [-0.2, -0.15) is 0 Å². The smallest absolute Gasteiger partial charge is 0.218 e. The van der Waals surface area contributed by atoms with Gasteiger partial charge in [-0.25, -0.2) is 8.42 Å². The number of hydrogen-bond donors (Lipinski definition) is 8. The van der Waals surface area contributed by atoms with Crippen LogP contribution in [0, 0.1) is 0 Å². The molecule has 206 valence electrons. The summed E-state index contributed by atoms with van der Waals surface area (Å²) in [6.45, 7) is 0.268. The van der Waals surface area contributed by atoms with Crippen molar-refractivity contribution in [2.45, 2.75) is 92.9 Å². The van der Waals surface area contributed by atoms with E-state index in [-0.39, 0.29) is 0 Å². The Balaban J connectivity index is 1.78. The predicted octanol–water partition coefficient (Wildman–Crippen LogP) is -6.42. The van der Waals surface area contributed by atoms with Gasteiger partial charge in [-0.1, -0.05) is 0 Å². The zero-order chi connectivity index (χ0) is 26.2. The van der Waals surface area contributed by atoms with Crippen molar-refractivity contribution < 1.29 is 81.7 Å². The fourth-order valence-electron chi connectivity index (χ4n) is 3.94. The Morgan fingerprint density at radius 3 is 2.00 bits per heavy atom. The van der Waals surface area contributed by atoms with E-state index in [1.54, 1.807) is 0 Å². The van der Waals surface area contributed by atoms with E-state index >= 15 is 0 Å². The minimum atomic E-state index is -5.40. The van der Waals surface area contributed by atoms with Crippen molar-refractivity contribution in [1.82, 2.24) is 0 Å². The molecule has 14 atom stereocenters. The third-order valence-corrected chi connectivity index (χ3v) is 6.33. The summed E-state index contributed by atoms with van der Waals surface area (Å²) >= 11 is 0. The summed E-state index contributed by atoms with van der Waals surface area (Å²) in [5, 5.41) is 80.6. The molecule has 0 aromatic heterocycles. The maximum atomic E-state index is 10.8. The van der Waals surface area contributed by atoms with Gasteiger partial charge in [0.1, 0.15) is 54.9 Å². The van der Waals surface area contributed by atoms with Crippen LogP contribution in [-0.4, -0.2) is 153 Å². The van der Waals surface area contributed by atoms with E-state index in [1.165, 1.54) is 6.92 Å². The second-order valence-electron chi connectivity index (χ2n) is 8.35. The second-order valence-corrected chi connectivity index (χ2v) is 9.36. The van der Waals surface area contributed by atoms with Gasteiger partial charge in [-0.15, -0.1) is 0 Å². The lowest BCUT2D eigenvalue weighted by Gasteiger charge is -2.47. The van der Waals surface area contributed by atoms with Crippen molar-refractivity contribution >= 4 is 10.4 Å². The van der Waals surface area contributed by atoms with Crippen LogP contribution >= 0.6 is 0 Å². The van der Waals surface area contributed by atoms with Crippen LogP contribution in [0.4, 0.5) is 0 Å². The molecule has 0 aliphatic carbocycles. The molecule has 3 aliphatic rings. The van der Waals surface area contributed by atoms with Crippen LogP contribution in [0.15, 0.2) is 0 Å². The molecule has 0 aromatic carbocycles. The highest BCUT2D eigenvalue weighted by Gasteiger charge is 2.52. The number of aliphatic hydroxyl groups excluding tert-OH is 8. The number of aliphatic hydroxyl groups is 8. The summed E-state index contributed by atoms with van der Waals surface area (Å²) in [7, 11) is -5.40. The molecular weight excluding hydrogens is 508 g/mol. The van der Waals surface area contributed by atoms with Gasteiger partial charge in [-0.05, 0) is 6.92 Å². The molecule has 0 amide bonds.